The zero-order chi connectivity index (χ0) is 22.9. The van der Waals surface area contributed by atoms with Gasteiger partial charge in [0.05, 0.1) is 34.9 Å². The van der Waals surface area contributed by atoms with Crippen LogP contribution in [0.2, 0.25) is 5.02 Å². The molecule has 2 saturated heterocycles. The molecule has 0 bridgehead atoms. The summed E-state index contributed by atoms with van der Waals surface area (Å²) in [4.78, 5) is 0.158. The highest BCUT2D eigenvalue weighted by atomic mass is 35.5. The van der Waals surface area contributed by atoms with Crippen LogP contribution in [-0.2, 0) is 24.8 Å². The maximum Gasteiger partial charge on any atom is 0.254 e. The lowest BCUT2D eigenvalue weighted by Crippen LogP contribution is -2.45. The second kappa shape index (κ2) is 9.55. The van der Waals surface area contributed by atoms with E-state index in [1.54, 1.807) is 23.6 Å². The van der Waals surface area contributed by atoms with Crippen molar-refractivity contribution >= 4 is 48.7 Å². The number of benzene rings is 1. The number of hydrogen-bond acceptors (Lipinski definition) is 8. The van der Waals surface area contributed by atoms with E-state index in [1.165, 1.54) is 20.7 Å². The van der Waals surface area contributed by atoms with Crippen molar-refractivity contribution in [1.82, 2.24) is 8.61 Å². The van der Waals surface area contributed by atoms with Crippen molar-refractivity contribution < 1.29 is 26.8 Å². The van der Waals surface area contributed by atoms with Crippen LogP contribution in [0, 0.1) is 0 Å². The third kappa shape index (κ3) is 4.68. The Bertz CT molecular complexity index is 1140. The molecule has 2 fully saturated rings. The van der Waals surface area contributed by atoms with Gasteiger partial charge in [-0.05, 0) is 48.6 Å². The molecule has 0 atom stereocenters. The first-order valence-corrected chi connectivity index (χ1v) is 14.2. The number of halogens is 1. The van der Waals surface area contributed by atoms with Gasteiger partial charge in [-0.15, -0.1) is 11.3 Å². The lowest BCUT2D eigenvalue weighted by molar-refractivity contribution is 0.0730. The molecule has 1 N–H and O–H groups in total. The lowest BCUT2D eigenvalue weighted by Gasteiger charge is -2.35. The number of rotatable bonds is 6. The van der Waals surface area contributed by atoms with E-state index in [0.717, 1.165) is 16.4 Å². The van der Waals surface area contributed by atoms with Crippen molar-refractivity contribution in [2.75, 3.05) is 44.5 Å². The van der Waals surface area contributed by atoms with Crippen molar-refractivity contribution in [3.63, 3.8) is 0 Å². The van der Waals surface area contributed by atoms with Gasteiger partial charge < -0.3 is 4.74 Å². The third-order valence-electron chi connectivity index (χ3n) is 5.64. The van der Waals surface area contributed by atoms with Gasteiger partial charge in [0.25, 0.3) is 10.0 Å². The Labute approximate surface area is 196 Å². The van der Waals surface area contributed by atoms with E-state index in [1.807, 2.05) is 0 Å². The SMILES string of the molecule is O=S(=O)(c1ccc(N(O)C2CCN(S(=O)(=O)c3sccc3Cl)CC2)cc1)N1CCOCC1. The molecule has 2 aromatic rings. The number of sulfonamides is 2. The summed E-state index contributed by atoms with van der Waals surface area (Å²) in [6.45, 7) is 1.87. The number of anilines is 1. The van der Waals surface area contributed by atoms with E-state index in [9.17, 15) is 22.0 Å². The van der Waals surface area contributed by atoms with Gasteiger partial charge >= 0.3 is 0 Å². The van der Waals surface area contributed by atoms with E-state index in [4.69, 9.17) is 16.3 Å². The first kappa shape index (κ1) is 23.9. The molecule has 2 aliphatic rings. The summed E-state index contributed by atoms with van der Waals surface area (Å²) in [5.41, 5.74) is 0.452. The predicted molar refractivity (Wildman–Crippen MR) is 121 cm³/mol. The lowest BCUT2D eigenvalue weighted by atomic mass is 10.1. The standard InChI is InChI=1S/C19H24ClN3O6S3/c20-18-7-14-30-19(18)32(27,28)21-8-5-16(6-9-21)23(24)15-1-3-17(4-2-15)31(25,26)22-10-12-29-13-11-22/h1-4,7,14,16,24H,5-6,8-13H2. The number of nitrogens with zero attached hydrogens (tertiary/aromatic N) is 3. The highest BCUT2D eigenvalue weighted by Gasteiger charge is 2.34. The van der Waals surface area contributed by atoms with Gasteiger partial charge in [0, 0.05) is 26.2 Å². The average Bonchev–Trinajstić information content (AvgIpc) is 3.26. The Morgan fingerprint density at radius 3 is 2.09 bits per heavy atom. The molecule has 3 heterocycles. The summed E-state index contributed by atoms with van der Waals surface area (Å²) in [7, 11) is -7.26. The second-order valence-corrected chi connectivity index (χ2v) is 12.9. The molecule has 0 saturated carbocycles. The Kier molecular flexibility index (Phi) is 7.13. The highest BCUT2D eigenvalue weighted by Crippen LogP contribution is 2.32. The van der Waals surface area contributed by atoms with Gasteiger partial charge in [-0.25, -0.2) is 16.8 Å². The van der Waals surface area contributed by atoms with Crippen LogP contribution in [0.3, 0.4) is 0 Å². The molecule has 0 aliphatic carbocycles. The topological polar surface area (TPSA) is 107 Å². The van der Waals surface area contributed by atoms with Crippen LogP contribution in [0.1, 0.15) is 12.8 Å². The van der Waals surface area contributed by atoms with Crippen LogP contribution in [0.25, 0.3) is 0 Å². The Morgan fingerprint density at radius 1 is 0.938 bits per heavy atom. The molecule has 0 amide bonds. The fourth-order valence-corrected chi connectivity index (χ4v) is 8.52. The van der Waals surface area contributed by atoms with Crippen LogP contribution in [0.15, 0.2) is 44.8 Å². The smallest absolute Gasteiger partial charge is 0.254 e. The molecule has 1 aromatic heterocycles. The third-order valence-corrected chi connectivity index (χ3v) is 11.4. The number of hydrogen-bond donors (Lipinski definition) is 1. The van der Waals surface area contributed by atoms with Gasteiger partial charge in [-0.1, -0.05) is 11.6 Å². The van der Waals surface area contributed by atoms with Gasteiger partial charge in [0.1, 0.15) is 0 Å². The van der Waals surface area contributed by atoms with E-state index < -0.39 is 20.0 Å². The predicted octanol–water partition coefficient (Wildman–Crippen LogP) is 2.47. The minimum absolute atomic E-state index is 0.135. The van der Waals surface area contributed by atoms with Crippen LogP contribution >= 0.6 is 22.9 Å². The van der Waals surface area contributed by atoms with Crippen LogP contribution in [0.4, 0.5) is 5.69 Å². The van der Waals surface area contributed by atoms with Gasteiger partial charge in [-0.3, -0.25) is 10.3 Å². The summed E-state index contributed by atoms with van der Waals surface area (Å²) < 4.78 is 59.2. The van der Waals surface area contributed by atoms with E-state index in [2.05, 4.69) is 0 Å². The number of ether oxygens (including phenoxy) is 1. The zero-order valence-electron chi connectivity index (χ0n) is 17.1. The number of hydroxylamine groups is 1. The molecule has 9 nitrogen and oxygen atoms in total. The molecule has 1 aromatic carbocycles. The number of thiophene rings is 1. The van der Waals surface area contributed by atoms with Crippen molar-refractivity contribution in [1.29, 1.82) is 0 Å². The normalized spacial score (nSPS) is 19.8. The fraction of sp³-hybridized carbons (Fsp3) is 0.474. The number of morpholine rings is 1. The van der Waals surface area contributed by atoms with E-state index >= 15 is 0 Å². The Morgan fingerprint density at radius 2 is 1.53 bits per heavy atom. The van der Waals surface area contributed by atoms with Crippen molar-refractivity contribution in [2.24, 2.45) is 0 Å². The summed E-state index contributed by atoms with van der Waals surface area (Å²) in [5, 5.41) is 13.6. The molecule has 32 heavy (non-hydrogen) atoms. The molecule has 0 radical (unpaired) electrons. The fourth-order valence-electron chi connectivity index (χ4n) is 3.83. The van der Waals surface area contributed by atoms with Gasteiger partial charge in [0.2, 0.25) is 10.0 Å². The maximum absolute atomic E-state index is 12.8. The summed E-state index contributed by atoms with van der Waals surface area (Å²) in [5.74, 6) is 0. The minimum atomic E-state index is -3.66. The molecule has 13 heteroatoms. The first-order valence-electron chi connectivity index (χ1n) is 10.1. The minimum Gasteiger partial charge on any atom is -0.379 e. The summed E-state index contributed by atoms with van der Waals surface area (Å²) in [6.07, 6.45) is 0.846. The van der Waals surface area contributed by atoms with E-state index in [-0.39, 0.29) is 33.3 Å². The maximum atomic E-state index is 12.8. The average molecular weight is 522 g/mol. The molecule has 176 valence electrons. The largest absolute Gasteiger partial charge is 0.379 e. The molecular weight excluding hydrogens is 498 g/mol. The quantitative estimate of drug-likeness (QED) is 0.582. The van der Waals surface area contributed by atoms with Crippen molar-refractivity contribution in [3.8, 4) is 0 Å². The van der Waals surface area contributed by atoms with Crippen molar-refractivity contribution in [3.05, 3.63) is 40.7 Å². The zero-order valence-corrected chi connectivity index (χ0v) is 20.3. The van der Waals surface area contributed by atoms with Crippen LogP contribution in [0.5, 0.6) is 0 Å². The Balaban J connectivity index is 1.40. The van der Waals surface area contributed by atoms with Gasteiger partial charge in [-0.2, -0.15) is 8.61 Å². The molecule has 4 rings (SSSR count). The monoisotopic (exact) mass is 521 g/mol. The number of piperidine rings is 1. The molecule has 0 spiro atoms. The highest BCUT2D eigenvalue weighted by molar-refractivity contribution is 7.91. The van der Waals surface area contributed by atoms with Gasteiger partial charge in [0.15, 0.2) is 4.21 Å². The Hall–Kier alpha value is -1.25. The second-order valence-electron chi connectivity index (χ2n) is 7.55. The van der Waals surface area contributed by atoms with Crippen LogP contribution < -0.4 is 5.06 Å². The summed E-state index contributed by atoms with van der Waals surface area (Å²) >= 11 is 7.09. The van der Waals surface area contributed by atoms with Crippen molar-refractivity contribution in [2.45, 2.75) is 28.0 Å². The van der Waals surface area contributed by atoms with E-state index in [0.29, 0.717) is 44.8 Å². The molecular formula is C19H24ClN3O6S3. The molecule has 2 aliphatic heterocycles. The molecule has 0 unspecified atom stereocenters. The van der Waals surface area contributed by atoms with Crippen LogP contribution in [-0.4, -0.2) is 76.1 Å². The first-order chi connectivity index (χ1) is 15.2. The summed E-state index contributed by atoms with van der Waals surface area (Å²) in [6, 6.07) is 7.33.